The summed E-state index contributed by atoms with van der Waals surface area (Å²) in [7, 11) is 0. The summed E-state index contributed by atoms with van der Waals surface area (Å²) in [6, 6.07) is 20.9. The van der Waals surface area contributed by atoms with Crippen LogP contribution in [0.5, 0.6) is 5.75 Å². The van der Waals surface area contributed by atoms with Gasteiger partial charge in [0.25, 0.3) is 0 Å². The lowest BCUT2D eigenvalue weighted by atomic mass is 10.1. The Labute approximate surface area is 166 Å². The van der Waals surface area contributed by atoms with Crippen molar-refractivity contribution in [2.45, 2.75) is 13.2 Å². The van der Waals surface area contributed by atoms with Crippen molar-refractivity contribution in [3.8, 4) is 5.75 Å². The van der Waals surface area contributed by atoms with E-state index in [1.54, 1.807) is 30.5 Å². The van der Waals surface area contributed by atoms with Gasteiger partial charge in [-0.2, -0.15) is 0 Å². The summed E-state index contributed by atoms with van der Waals surface area (Å²) >= 11 is 5.84. The lowest BCUT2D eigenvalue weighted by Gasteiger charge is -2.05. The van der Waals surface area contributed by atoms with Crippen molar-refractivity contribution in [2.75, 3.05) is 5.32 Å². The molecule has 1 heterocycles. The smallest absolute Gasteiger partial charge is 0.246 e. The zero-order valence-electron chi connectivity index (χ0n) is 14.9. The summed E-state index contributed by atoms with van der Waals surface area (Å²) in [4.78, 5) is 12.1. The van der Waals surface area contributed by atoms with Crippen molar-refractivity contribution in [3.63, 3.8) is 0 Å². The quantitative estimate of drug-likeness (QED) is 0.531. The fraction of sp³-hybridized carbons (Fsp3) is 0.0952. The van der Waals surface area contributed by atoms with Crippen LogP contribution in [0.3, 0.4) is 0 Å². The summed E-state index contributed by atoms with van der Waals surface area (Å²) in [5.41, 5.74) is 1.32. The molecule has 28 heavy (non-hydrogen) atoms. The SMILES string of the molecule is O=C(Cn1cc(COc2ccc3ccccc3c2)nn1)Nc1ccc(Cl)cc1. The summed E-state index contributed by atoms with van der Waals surface area (Å²) in [5, 5.41) is 13.7. The number of nitrogens with zero attached hydrogens (tertiary/aromatic N) is 3. The molecule has 7 heteroatoms. The number of benzene rings is 3. The molecule has 1 aromatic heterocycles. The van der Waals surface area contributed by atoms with Gasteiger partial charge < -0.3 is 10.1 Å². The second-order valence-corrected chi connectivity index (χ2v) is 6.70. The van der Waals surface area contributed by atoms with Crippen LogP contribution in [-0.4, -0.2) is 20.9 Å². The fourth-order valence-electron chi connectivity index (χ4n) is 2.78. The van der Waals surface area contributed by atoms with Gasteiger partial charge in [0, 0.05) is 10.7 Å². The summed E-state index contributed by atoms with van der Waals surface area (Å²) in [6.45, 7) is 0.336. The zero-order chi connectivity index (χ0) is 19.3. The number of anilines is 1. The van der Waals surface area contributed by atoms with Gasteiger partial charge in [0.15, 0.2) is 0 Å². The van der Waals surface area contributed by atoms with Gasteiger partial charge in [0.1, 0.15) is 24.6 Å². The van der Waals surface area contributed by atoms with E-state index in [9.17, 15) is 4.79 Å². The molecular formula is C21H17ClN4O2. The number of ether oxygens (including phenoxy) is 1. The standard InChI is InChI=1S/C21H17ClN4O2/c22-17-6-8-18(9-7-17)23-21(27)13-26-12-19(24-25-26)14-28-20-10-5-15-3-1-2-4-16(15)11-20/h1-12H,13-14H2,(H,23,27). The molecule has 4 aromatic rings. The van der Waals surface area contributed by atoms with E-state index in [-0.39, 0.29) is 19.1 Å². The molecule has 0 unspecified atom stereocenters. The Morgan fingerprint density at radius 2 is 1.82 bits per heavy atom. The maximum atomic E-state index is 12.1. The molecule has 0 aliphatic rings. The Bertz CT molecular complexity index is 1110. The van der Waals surface area contributed by atoms with E-state index in [0.29, 0.717) is 16.4 Å². The predicted molar refractivity (Wildman–Crippen MR) is 108 cm³/mol. The molecule has 6 nitrogen and oxygen atoms in total. The van der Waals surface area contributed by atoms with Crippen molar-refractivity contribution >= 4 is 34.0 Å². The molecule has 3 aromatic carbocycles. The van der Waals surface area contributed by atoms with Crippen molar-refractivity contribution in [3.05, 3.63) is 83.6 Å². The minimum Gasteiger partial charge on any atom is -0.487 e. The Kier molecular flexibility index (Phi) is 5.21. The average molecular weight is 393 g/mol. The highest BCUT2D eigenvalue weighted by molar-refractivity contribution is 6.30. The molecule has 0 aliphatic heterocycles. The summed E-state index contributed by atoms with van der Waals surface area (Å²) in [5.74, 6) is 0.558. The highest BCUT2D eigenvalue weighted by Gasteiger charge is 2.08. The highest BCUT2D eigenvalue weighted by atomic mass is 35.5. The highest BCUT2D eigenvalue weighted by Crippen LogP contribution is 2.21. The van der Waals surface area contributed by atoms with Gasteiger partial charge in [0.05, 0.1) is 6.20 Å². The van der Waals surface area contributed by atoms with Crippen LogP contribution in [0.25, 0.3) is 10.8 Å². The third-order valence-electron chi connectivity index (χ3n) is 4.13. The van der Waals surface area contributed by atoms with Crippen molar-refractivity contribution in [1.29, 1.82) is 0 Å². The summed E-state index contributed by atoms with van der Waals surface area (Å²) < 4.78 is 7.27. The van der Waals surface area contributed by atoms with E-state index in [0.717, 1.165) is 16.5 Å². The minimum atomic E-state index is -0.200. The molecule has 0 fully saturated rings. The molecule has 0 spiro atoms. The van der Waals surface area contributed by atoms with E-state index < -0.39 is 0 Å². The van der Waals surface area contributed by atoms with Gasteiger partial charge in [-0.25, -0.2) is 4.68 Å². The first kappa shape index (κ1) is 18.0. The number of nitrogens with one attached hydrogen (secondary N) is 1. The van der Waals surface area contributed by atoms with Crippen LogP contribution >= 0.6 is 11.6 Å². The fourth-order valence-corrected chi connectivity index (χ4v) is 2.90. The van der Waals surface area contributed by atoms with Gasteiger partial charge in [0.2, 0.25) is 5.91 Å². The number of fused-ring (bicyclic) bond motifs is 1. The number of carbonyl (C=O) groups is 1. The number of aromatic nitrogens is 3. The average Bonchev–Trinajstić information content (AvgIpc) is 3.15. The number of amides is 1. The van der Waals surface area contributed by atoms with E-state index in [2.05, 4.69) is 21.7 Å². The van der Waals surface area contributed by atoms with Gasteiger partial charge in [-0.3, -0.25) is 4.79 Å². The Morgan fingerprint density at radius 1 is 1.04 bits per heavy atom. The molecule has 0 atom stereocenters. The number of carbonyl (C=O) groups excluding carboxylic acids is 1. The Hall–Kier alpha value is -3.38. The number of hydrogen-bond acceptors (Lipinski definition) is 4. The topological polar surface area (TPSA) is 69.0 Å². The molecule has 140 valence electrons. The first-order valence-corrected chi connectivity index (χ1v) is 9.09. The zero-order valence-corrected chi connectivity index (χ0v) is 15.6. The molecule has 0 aliphatic carbocycles. The molecule has 1 amide bonds. The second-order valence-electron chi connectivity index (χ2n) is 6.26. The van der Waals surface area contributed by atoms with E-state index in [1.165, 1.54) is 4.68 Å². The Balaban J connectivity index is 1.33. The van der Waals surface area contributed by atoms with Gasteiger partial charge in [-0.05, 0) is 47.2 Å². The van der Waals surface area contributed by atoms with Crippen molar-refractivity contribution in [2.24, 2.45) is 0 Å². The Morgan fingerprint density at radius 3 is 2.64 bits per heavy atom. The van der Waals surface area contributed by atoms with Crippen LogP contribution in [0, 0.1) is 0 Å². The maximum Gasteiger partial charge on any atom is 0.246 e. The van der Waals surface area contributed by atoms with Crippen molar-refractivity contribution < 1.29 is 9.53 Å². The largest absolute Gasteiger partial charge is 0.487 e. The minimum absolute atomic E-state index is 0.0611. The molecule has 0 radical (unpaired) electrons. The first-order valence-electron chi connectivity index (χ1n) is 8.72. The maximum absolute atomic E-state index is 12.1. The molecule has 1 N–H and O–H groups in total. The molecule has 0 saturated carbocycles. The van der Waals surface area contributed by atoms with Crippen LogP contribution in [0.2, 0.25) is 5.02 Å². The normalized spacial score (nSPS) is 10.8. The molecule has 4 rings (SSSR count). The number of rotatable bonds is 6. The third-order valence-corrected chi connectivity index (χ3v) is 4.38. The van der Waals surface area contributed by atoms with Crippen LogP contribution in [0.15, 0.2) is 72.9 Å². The first-order chi connectivity index (χ1) is 13.7. The molecular weight excluding hydrogens is 376 g/mol. The monoisotopic (exact) mass is 392 g/mol. The van der Waals surface area contributed by atoms with E-state index in [1.807, 2.05) is 36.4 Å². The van der Waals surface area contributed by atoms with Gasteiger partial charge in [-0.15, -0.1) is 5.10 Å². The summed E-state index contributed by atoms with van der Waals surface area (Å²) in [6.07, 6.45) is 1.70. The lowest BCUT2D eigenvalue weighted by molar-refractivity contribution is -0.116. The molecule has 0 bridgehead atoms. The predicted octanol–water partition coefficient (Wildman–Crippen LogP) is 4.30. The van der Waals surface area contributed by atoms with Gasteiger partial charge in [-0.1, -0.05) is 47.1 Å². The van der Waals surface area contributed by atoms with Crippen LogP contribution in [0.1, 0.15) is 5.69 Å². The van der Waals surface area contributed by atoms with Crippen molar-refractivity contribution in [1.82, 2.24) is 15.0 Å². The van der Waals surface area contributed by atoms with E-state index >= 15 is 0 Å². The van der Waals surface area contributed by atoms with Crippen LogP contribution in [-0.2, 0) is 17.9 Å². The second kappa shape index (κ2) is 8.10. The number of hydrogen-bond donors (Lipinski definition) is 1. The number of halogens is 1. The van der Waals surface area contributed by atoms with Gasteiger partial charge >= 0.3 is 0 Å². The molecule has 0 saturated heterocycles. The van der Waals surface area contributed by atoms with Crippen LogP contribution < -0.4 is 10.1 Å². The van der Waals surface area contributed by atoms with E-state index in [4.69, 9.17) is 16.3 Å². The van der Waals surface area contributed by atoms with Crippen LogP contribution in [0.4, 0.5) is 5.69 Å². The lowest BCUT2D eigenvalue weighted by Crippen LogP contribution is -2.19. The third kappa shape index (κ3) is 4.47.